The summed E-state index contributed by atoms with van der Waals surface area (Å²) in [6.07, 6.45) is 3.86. The normalized spacial score (nSPS) is 13.9. The number of rotatable bonds is 9. The van der Waals surface area contributed by atoms with E-state index < -0.39 is 0 Å². The number of aryl methyl sites for hydroxylation is 1. The number of methoxy groups -OCH3 is 1. The summed E-state index contributed by atoms with van der Waals surface area (Å²) in [6, 6.07) is 8.63. The van der Waals surface area contributed by atoms with Crippen molar-refractivity contribution >= 4 is 50.6 Å². The number of halogens is 2. The summed E-state index contributed by atoms with van der Waals surface area (Å²) < 4.78 is 18.8. The molecule has 1 aliphatic rings. The third-order valence-electron chi connectivity index (χ3n) is 5.91. The highest BCUT2D eigenvalue weighted by Crippen LogP contribution is 2.34. The minimum Gasteiger partial charge on any atom is -0.493 e. The van der Waals surface area contributed by atoms with Crippen molar-refractivity contribution < 1.29 is 19.0 Å². The van der Waals surface area contributed by atoms with Gasteiger partial charge in [-0.25, -0.2) is 4.98 Å². The molecule has 2 aromatic carbocycles. The number of nitrogens with zero attached hydrogens (tertiary/aromatic N) is 4. The van der Waals surface area contributed by atoms with Crippen molar-refractivity contribution in [1.29, 1.82) is 0 Å². The molecule has 0 aliphatic carbocycles. The molecule has 9 nitrogen and oxygen atoms in total. The third-order valence-corrected chi connectivity index (χ3v) is 6.63. The Balaban J connectivity index is 1.71. The molecule has 0 N–H and O–H groups in total. The van der Waals surface area contributed by atoms with Gasteiger partial charge < -0.3 is 19.1 Å². The van der Waals surface area contributed by atoms with E-state index in [4.69, 9.17) is 30.8 Å². The van der Waals surface area contributed by atoms with Gasteiger partial charge in [-0.05, 0) is 30.7 Å². The predicted molar refractivity (Wildman–Crippen MR) is 146 cm³/mol. The number of carbonyl (C=O) groups excluding carboxylic acids is 1. The molecule has 1 aliphatic heterocycles. The number of hydrogen-bond acceptors (Lipinski definition) is 7. The fraction of sp³-hybridized carbons (Fsp3) is 0.385. The maximum atomic E-state index is 13.4. The molecule has 196 valence electrons. The minimum absolute atomic E-state index is 0.162. The van der Waals surface area contributed by atoms with Crippen molar-refractivity contribution in [2.75, 3.05) is 40.0 Å². The SMILES string of the molecule is CCCCc1nc2ccc(Br)cc2c(=O)n1N=Cc1cc(Cl)cc(OC)c1OCC(=O)N1CCOCC1. The first kappa shape index (κ1) is 27.1. The van der Waals surface area contributed by atoms with Crippen LogP contribution in [0.5, 0.6) is 11.5 Å². The Labute approximate surface area is 228 Å². The number of benzene rings is 2. The maximum absolute atomic E-state index is 13.4. The van der Waals surface area contributed by atoms with Gasteiger partial charge in [0.25, 0.3) is 11.5 Å². The zero-order chi connectivity index (χ0) is 26.4. The third kappa shape index (κ3) is 6.49. The number of fused-ring (bicyclic) bond motifs is 1. The molecule has 0 bridgehead atoms. The Kier molecular flexibility index (Phi) is 9.18. The van der Waals surface area contributed by atoms with Crippen LogP contribution in [0, 0.1) is 0 Å². The second-order valence-electron chi connectivity index (χ2n) is 8.46. The first-order valence-corrected chi connectivity index (χ1v) is 13.2. The number of morpholine rings is 1. The van der Waals surface area contributed by atoms with Crippen molar-refractivity contribution in [2.24, 2.45) is 5.10 Å². The van der Waals surface area contributed by atoms with Gasteiger partial charge in [-0.15, -0.1) is 0 Å². The Hall–Kier alpha value is -2.95. The van der Waals surface area contributed by atoms with E-state index in [0.29, 0.717) is 71.5 Å². The van der Waals surface area contributed by atoms with E-state index in [-0.39, 0.29) is 18.1 Å². The molecule has 1 aromatic heterocycles. The summed E-state index contributed by atoms with van der Waals surface area (Å²) >= 11 is 9.74. The van der Waals surface area contributed by atoms with Crippen LogP contribution >= 0.6 is 27.5 Å². The van der Waals surface area contributed by atoms with Gasteiger partial charge in [0.1, 0.15) is 5.82 Å². The summed E-state index contributed by atoms with van der Waals surface area (Å²) in [4.78, 5) is 32.4. The van der Waals surface area contributed by atoms with Crippen LogP contribution in [0.2, 0.25) is 5.02 Å². The lowest BCUT2D eigenvalue weighted by Gasteiger charge is -2.27. The van der Waals surface area contributed by atoms with Crippen molar-refractivity contribution in [3.05, 3.63) is 61.6 Å². The molecule has 1 amide bonds. The van der Waals surface area contributed by atoms with E-state index in [1.807, 2.05) is 12.1 Å². The Bertz CT molecular complexity index is 1370. The molecule has 0 spiro atoms. The number of amides is 1. The molecule has 1 fully saturated rings. The topological polar surface area (TPSA) is 95.2 Å². The quantitative estimate of drug-likeness (QED) is 0.345. The largest absolute Gasteiger partial charge is 0.493 e. The van der Waals surface area contributed by atoms with E-state index in [9.17, 15) is 9.59 Å². The average Bonchev–Trinajstić information content (AvgIpc) is 2.91. The van der Waals surface area contributed by atoms with Crippen LogP contribution in [0.15, 0.2) is 44.7 Å². The van der Waals surface area contributed by atoms with Crippen LogP contribution in [-0.2, 0) is 16.0 Å². The van der Waals surface area contributed by atoms with E-state index in [1.165, 1.54) is 18.0 Å². The predicted octanol–water partition coefficient (Wildman–Crippen LogP) is 4.28. The Morgan fingerprint density at radius 3 is 2.78 bits per heavy atom. The fourth-order valence-electron chi connectivity index (χ4n) is 3.96. The Morgan fingerprint density at radius 1 is 1.27 bits per heavy atom. The first-order chi connectivity index (χ1) is 17.9. The molecule has 4 rings (SSSR count). The van der Waals surface area contributed by atoms with Gasteiger partial charge in [0, 0.05) is 40.6 Å². The molecule has 37 heavy (non-hydrogen) atoms. The van der Waals surface area contributed by atoms with Gasteiger partial charge in [-0.3, -0.25) is 9.59 Å². The molecule has 3 aromatic rings. The molecule has 0 radical (unpaired) electrons. The molecule has 2 heterocycles. The lowest BCUT2D eigenvalue weighted by atomic mass is 10.2. The van der Waals surface area contributed by atoms with E-state index in [1.54, 1.807) is 23.1 Å². The molecule has 1 saturated heterocycles. The maximum Gasteiger partial charge on any atom is 0.282 e. The summed E-state index contributed by atoms with van der Waals surface area (Å²) in [5.74, 6) is 1.04. The van der Waals surface area contributed by atoms with Crippen molar-refractivity contribution in [3.63, 3.8) is 0 Å². The number of ether oxygens (including phenoxy) is 3. The summed E-state index contributed by atoms with van der Waals surface area (Å²) in [5.41, 5.74) is 0.787. The molecule has 0 saturated carbocycles. The lowest BCUT2D eigenvalue weighted by Crippen LogP contribution is -2.43. The van der Waals surface area contributed by atoms with Gasteiger partial charge in [-0.2, -0.15) is 9.78 Å². The van der Waals surface area contributed by atoms with Crippen LogP contribution in [0.3, 0.4) is 0 Å². The highest BCUT2D eigenvalue weighted by molar-refractivity contribution is 9.10. The molecule has 0 atom stereocenters. The lowest BCUT2D eigenvalue weighted by molar-refractivity contribution is -0.137. The van der Waals surface area contributed by atoms with Gasteiger partial charge in [0.2, 0.25) is 0 Å². The fourth-order valence-corrected chi connectivity index (χ4v) is 4.54. The summed E-state index contributed by atoms with van der Waals surface area (Å²) in [7, 11) is 1.49. The van der Waals surface area contributed by atoms with E-state index >= 15 is 0 Å². The van der Waals surface area contributed by atoms with Crippen molar-refractivity contribution in [2.45, 2.75) is 26.2 Å². The van der Waals surface area contributed by atoms with Crippen LogP contribution in [0.1, 0.15) is 31.2 Å². The van der Waals surface area contributed by atoms with E-state index in [2.05, 4.69) is 28.0 Å². The Morgan fingerprint density at radius 2 is 2.05 bits per heavy atom. The molecular weight excluding hydrogens is 564 g/mol. The second kappa shape index (κ2) is 12.5. The van der Waals surface area contributed by atoms with Gasteiger partial charge in [0.15, 0.2) is 18.1 Å². The van der Waals surface area contributed by atoms with Crippen molar-refractivity contribution in [3.8, 4) is 11.5 Å². The zero-order valence-electron chi connectivity index (χ0n) is 20.7. The highest BCUT2D eigenvalue weighted by Gasteiger charge is 2.20. The van der Waals surface area contributed by atoms with Crippen LogP contribution in [0.25, 0.3) is 10.9 Å². The van der Waals surface area contributed by atoms with Crippen LogP contribution in [-0.4, -0.2) is 66.7 Å². The van der Waals surface area contributed by atoms with E-state index in [0.717, 1.165) is 17.3 Å². The monoisotopic (exact) mass is 590 g/mol. The van der Waals surface area contributed by atoms with Gasteiger partial charge in [-0.1, -0.05) is 40.9 Å². The average molecular weight is 592 g/mol. The summed E-state index contributed by atoms with van der Waals surface area (Å²) in [6.45, 7) is 3.92. The minimum atomic E-state index is -0.285. The molecule has 11 heteroatoms. The summed E-state index contributed by atoms with van der Waals surface area (Å²) in [5, 5.41) is 5.34. The smallest absolute Gasteiger partial charge is 0.282 e. The van der Waals surface area contributed by atoms with Crippen LogP contribution in [0.4, 0.5) is 0 Å². The van der Waals surface area contributed by atoms with Crippen LogP contribution < -0.4 is 15.0 Å². The highest BCUT2D eigenvalue weighted by atomic mass is 79.9. The number of hydrogen-bond donors (Lipinski definition) is 0. The second-order valence-corrected chi connectivity index (χ2v) is 9.81. The number of carbonyl (C=O) groups is 1. The molecule has 0 unspecified atom stereocenters. The standard InChI is InChI=1S/C26H28BrClN4O5/c1-3-4-5-23-30-21-7-6-18(27)13-20(21)26(34)32(23)29-15-17-12-19(28)14-22(35-2)25(17)37-16-24(33)31-8-10-36-11-9-31/h6-7,12-15H,3-5,8-11,16H2,1-2H3. The number of unbranched alkanes of at least 4 members (excludes halogenated alkanes) is 1. The number of aromatic nitrogens is 2. The first-order valence-electron chi connectivity index (χ1n) is 12.0. The van der Waals surface area contributed by atoms with Gasteiger partial charge in [0.05, 0.1) is 37.4 Å². The zero-order valence-corrected chi connectivity index (χ0v) is 23.0. The molecular formula is C26H28BrClN4O5. The van der Waals surface area contributed by atoms with Gasteiger partial charge >= 0.3 is 0 Å². The van der Waals surface area contributed by atoms with Crippen molar-refractivity contribution in [1.82, 2.24) is 14.6 Å².